The minimum atomic E-state index is 0.444. The van der Waals surface area contributed by atoms with Crippen LogP contribution < -0.4 is 5.32 Å². The standard InChI is InChI=1S/C13H10Cl2N6/c1-16-12-18-11(8-4-9(14)6-10(15)5-8)19-13(20-12)21-3-2-17-7-21/h2-7H,1H3,(H,16,18,19,20). The topological polar surface area (TPSA) is 68.5 Å². The molecule has 6 nitrogen and oxygen atoms in total. The van der Waals surface area contributed by atoms with Crippen LogP contribution in [0, 0.1) is 0 Å². The number of imidazole rings is 1. The molecule has 0 unspecified atom stereocenters. The molecule has 0 saturated carbocycles. The van der Waals surface area contributed by atoms with Gasteiger partial charge in [-0.3, -0.25) is 4.57 Å². The molecule has 0 atom stereocenters. The summed E-state index contributed by atoms with van der Waals surface area (Å²) in [5, 5.41) is 3.95. The molecule has 0 amide bonds. The Kier molecular flexibility index (Phi) is 3.72. The molecule has 2 aromatic heterocycles. The van der Waals surface area contributed by atoms with Gasteiger partial charge >= 0.3 is 0 Å². The Morgan fingerprint density at radius 1 is 1.05 bits per heavy atom. The molecule has 106 valence electrons. The van der Waals surface area contributed by atoms with E-state index in [4.69, 9.17) is 23.2 Å². The van der Waals surface area contributed by atoms with Crippen molar-refractivity contribution < 1.29 is 0 Å². The minimum absolute atomic E-state index is 0.444. The Morgan fingerprint density at radius 3 is 2.43 bits per heavy atom. The number of hydrogen-bond acceptors (Lipinski definition) is 5. The molecule has 0 saturated heterocycles. The molecule has 3 rings (SSSR count). The van der Waals surface area contributed by atoms with Gasteiger partial charge in [-0.1, -0.05) is 23.2 Å². The summed E-state index contributed by atoms with van der Waals surface area (Å²) >= 11 is 12.1. The zero-order valence-electron chi connectivity index (χ0n) is 11.0. The largest absolute Gasteiger partial charge is 0.357 e. The zero-order chi connectivity index (χ0) is 14.8. The molecule has 21 heavy (non-hydrogen) atoms. The molecule has 3 aromatic rings. The molecular weight excluding hydrogens is 311 g/mol. The molecule has 0 aliphatic rings. The van der Waals surface area contributed by atoms with Crippen molar-refractivity contribution in [2.45, 2.75) is 0 Å². The molecule has 1 aromatic carbocycles. The number of benzene rings is 1. The fraction of sp³-hybridized carbons (Fsp3) is 0.0769. The second-order valence-electron chi connectivity index (χ2n) is 4.16. The zero-order valence-corrected chi connectivity index (χ0v) is 12.5. The van der Waals surface area contributed by atoms with Crippen LogP contribution in [0.25, 0.3) is 17.3 Å². The predicted octanol–water partition coefficient (Wildman–Crippen LogP) is 3.07. The van der Waals surface area contributed by atoms with Crippen LogP contribution in [0.1, 0.15) is 0 Å². The molecule has 0 fully saturated rings. The Balaban J connectivity index is 2.15. The monoisotopic (exact) mass is 320 g/mol. The molecule has 0 aliphatic carbocycles. The van der Waals surface area contributed by atoms with E-state index in [9.17, 15) is 0 Å². The number of nitrogens with one attached hydrogen (secondary N) is 1. The van der Waals surface area contributed by atoms with Crippen molar-refractivity contribution in [3.05, 3.63) is 47.0 Å². The van der Waals surface area contributed by atoms with Gasteiger partial charge in [0.25, 0.3) is 0 Å². The first kappa shape index (κ1) is 13.8. The molecule has 0 spiro atoms. The highest BCUT2D eigenvalue weighted by atomic mass is 35.5. The SMILES string of the molecule is CNc1nc(-c2cc(Cl)cc(Cl)c2)nc(-n2ccnc2)n1. The lowest BCUT2D eigenvalue weighted by Crippen LogP contribution is -2.06. The number of hydrogen-bond donors (Lipinski definition) is 1. The Labute approximate surface area is 130 Å². The van der Waals surface area contributed by atoms with Gasteiger partial charge < -0.3 is 5.32 Å². The first-order valence-corrected chi connectivity index (χ1v) is 6.80. The van der Waals surface area contributed by atoms with Gasteiger partial charge in [-0.25, -0.2) is 4.98 Å². The second-order valence-corrected chi connectivity index (χ2v) is 5.03. The maximum Gasteiger partial charge on any atom is 0.240 e. The maximum absolute atomic E-state index is 6.03. The highest BCUT2D eigenvalue weighted by molar-refractivity contribution is 6.35. The summed E-state index contributed by atoms with van der Waals surface area (Å²) in [5.74, 6) is 1.38. The Bertz CT molecular complexity index is 752. The van der Waals surface area contributed by atoms with E-state index in [1.54, 1.807) is 48.5 Å². The van der Waals surface area contributed by atoms with Crippen LogP contribution in [0.3, 0.4) is 0 Å². The van der Waals surface area contributed by atoms with Gasteiger partial charge in [0.15, 0.2) is 5.82 Å². The number of halogens is 2. The van der Waals surface area contributed by atoms with Crippen molar-refractivity contribution in [2.24, 2.45) is 0 Å². The predicted molar refractivity (Wildman–Crippen MR) is 82.0 cm³/mol. The number of rotatable bonds is 3. The first-order chi connectivity index (χ1) is 10.2. The van der Waals surface area contributed by atoms with E-state index >= 15 is 0 Å². The van der Waals surface area contributed by atoms with Crippen molar-refractivity contribution in [2.75, 3.05) is 12.4 Å². The lowest BCUT2D eigenvalue weighted by Gasteiger charge is -2.07. The van der Waals surface area contributed by atoms with Crippen molar-refractivity contribution in [1.82, 2.24) is 24.5 Å². The summed E-state index contributed by atoms with van der Waals surface area (Å²) in [6.07, 6.45) is 5.02. The quantitative estimate of drug-likeness (QED) is 0.803. The normalized spacial score (nSPS) is 10.6. The van der Waals surface area contributed by atoms with E-state index < -0.39 is 0 Å². The smallest absolute Gasteiger partial charge is 0.240 e. The Hall–Kier alpha value is -2.18. The molecule has 0 aliphatic heterocycles. The maximum atomic E-state index is 6.03. The van der Waals surface area contributed by atoms with E-state index in [1.165, 1.54) is 0 Å². The minimum Gasteiger partial charge on any atom is -0.357 e. The summed E-state index contributed by atoms with van der Waals surface area (Å²) in [4.78, 5) is 17.0. The summed E-state index contributed by atoms with van der Waals surface area (Å²) in [6.45, 7) is 0. The van der Waals surface area contributed by atoms with Crippen molar-refractivity contribution in [3.63, 3.8) is 0 Å². The lowest BCUT2D eigenvalue weighted by molar-refractivity contribution is 0.902. The van der Waals surface area contributed by atoms with Gasteiger partial charge in [0.05, 0.1) is 0 Å². The van der Waals surface area contributed by atoms with Crippen LogP contribution in [-0.4, -0.2) is 31.6 Å². The molecule has 2 heterocycles. The van der Waals surface area contributed by atoms with Crippen LogP contribution in [-0.2, 0) is 0 Å². The Morgan fingerprint density at radius 2 is 1.81 bits per heavy atom. The highest BCUT2D eigenvalue weighted by Crippen LogP contribution is 2.25. The number of nitrogens with zero attached hydrogens (tertiary/aromatic N) is 5. The van der Waals surface area contributed by atoms with Gasteiger partial charge in [-0.05, 0) is 18.2 Å². The van der Waals surface area contributed by atoms with Crippen LogP contribution >= 0.6 is 23.2 Å². The average Bonchev–Trinajstić information content (AvgIpc) is 3.00. The van der Waals surface area contributed by atoms with Crippen molar-refractivity contribution in [3.8, 4) is 17.3 Å². The van der Waals surface area contributed by atoms with E-state index in [-0.39, 0.29) is 0 Å². The van der Waals surface area contributed by atoms with Crippen LogP contribution in [0.4, 0.5) is 5.95 Å². The van der Waals surface area contributed by atoms with Gasteiger partial charge in [0.1, 0.15) is 6.33 Å². The van der Waals surface area contributed by atoms with E-state index in [0.717, 1.165) is 0 Å². The molecule has 1 N–H and O–H groups in total. The van der Waals surface area contributed by atoms with Crippen molar-refractivity contribution in [1.29, 1.82) is 0 Å². The molecule has 0 radical (unpaired) electrons. The third-order valence-electron chi connectivity index (χ3n) is 2.70. The molecule has 0 bridgehead atoms. The first-order valence-electron chi connectivity index (χ1n) is 6.04. The van der Waals surface area contributed by atoms with Crippen molar-refractivity contribution >= 4 is 29.2 Å². The van der Waals surface area contributed by atoms with Gasteiger partial charge in [-0.2, -0.15) is 15.0 Å². The van der Waals surface area contributed by atoms with Crippen LogP contribution in [0.5, 0.6) is 0 Å². The number of aromatic nitrogens is 5. The van der Waals surface area contributed by atoms with E-state index in [1.807, 2.05) is 0 Å². The van der Waals surface area contributed by atoms with Gasteiger partial charge in [-0.15, -0.1) is 0 Å². The second kappa shape index (κ2) is 5.67. The van der Waals surface area contributed by atoms with Crippen LogP contribution in [0.2, 0.25) is 10.0 Å². The third kappa shape index (κ3) is 2.96. The number of anilines is 1. The summed E-state index contributed by atoms with van der Waals surface area (Å²) < 4.78 is 1.69. The molecule has 8 heteroatoms. The van der Waals surface area contributed by atoms with Gasteiger partial charge in [0, 0.05) is 35.1 Å². The van der Waals surface area contributed by atoms with E-state index in [2.05, 4.69) is 25.3 Å². The highest BCUT2D eigenvalue weighted by Gasteiger charge is 2.10. The third-order valence-corrected chi connectivity index (χ3v) is 3.14. The summed E-state index contributed by atoms with van der Waals surface area (Å²) in [5.41, 5.74) is 0.716. The average molecular weight is 321 g/mol. The summed E-state index contributed by atoms with van der Waals surface area (Å²) in [6, 6.07) is 5.16. The lowest BCUT2D eigenvalue weighted by atomic mass is 10.2. The van der Waals surface area contributed by atoms with E-state index in [0.29, 0.717) is 33.3 Å². The van der Waals surface area contributed by atoms with Gasteiger partial charge in [0.2, 0.25) is 11.9 Å². The fourth-order valence-electron chi connectivity index (χ4n) is 1.78. The summed E-state index contributed by atoms with van der Waals surface area (Å²) in [7, 11) is 1.74. The molecular formula is C13H10Cl2N6. The van der Waals surface area contributed by atoms with Crippen LogP contribution in [0.15, 0.2) is 36.9 Å². The fourth-order valence-corrected chi connectivity index (χ4v) is 2.31.